The van der Waals surface area contributed by atoms with E-state index in [1.165, 1.54) is 4.90 Å². The van der Waals surface area contributed by atoms with E-state index in [-0.39, 0.29) is 19.1 Å². The molecule has 0 unspecified atom stereocenters. The lowest BCUT2D eigenvalue weighted by molar-refractivity contribution is -0.128. The third-order valence-corrected chi connectivity index (χ3v) is 6.22. The Labute approximate surface area is 210 Å². The molecule has 2 fully saturated rings. The van der Waals surface area contributed by atoms with Crippen molar-refractivity contribution < 1.29 is 23.9 Å². The molecule has 192 valence electrons. The van der Waals surface area contributed by atoms with Gasteiger partial charge in [0.05, 0.1) is 11.5 Å². The van der Waals surface area contributed by atoms with Crippen molar-refractivity contribution in [3.63, 3.8) is 0 Å². The molecule has 2 atom stereocenters. The van der Waals surface area contributed by atoms with Crippen LogP contribution in [0.1, 0.15) is 51.4 Å². The van der Waals surface area contributed by atoms with E-state index in [1.807, 2.05) is 30.3 Å². The number of benzene rings is 1. The first kappa shape index (κ1) is 25.4. The summed E-state index contributed by atoms with van der Waals surface area (Å²) in [6, 6.07) is 10.6. The van der Waals surface area contributed by atoms with Crippen LogP contribution in [0.4, 0.5) is 9.59 Å². The SMILES string of the molecule is CC(C)(C)OC(=O)N1CC[C@H](NC(=O)OCc2ccccc2)[C@@H](C(=O)NC2(c3ncccn3)CC2)C1. The molecule has 10 heteroatoms. The Hall–Kier alpha value is -3.69. The number of piperidine rings is 1. The molecule has 3 amide bonds. The van der Waals surface area contributed by atoms with Crippen molar-refractivity contribution in [3.8, 4) is 0 Å². The largest absolute Gasteiger partial charge is 0.445 e. The van der Waals surface area contributed by atoms with E-state index in [4.69, 9.17) is 9.47 Å². The van der Waals surface area contributed by atoms with Gasteiger partial charge < -0.3 is 25.0 Å². The van der Waals surface area contributed by atoms with Gasteiger partial charge in [0, 0.05) is 31.5 Å². The number of alkyl carbamates (subject to hydrolysis) is 1. The fourth-order valence-electron chi connectivity index (χ4n) is 4.20. The van der Waals surface area contributed by atoms with Gasteiger partial charge in [-0.05, 0) is 51.7 Å². The van der Waals surface area contributed by atoms with Gasteiger partial charge in [-0.3, -0.25) is 4.79 Å². The molecule has 1 aromatic carbocycles. The van der Waals surface area contributed by atoms with Crippen LogP contribution < -0.4 is 10.6 Å². The van der Waals surface area contributed by atoms with Gasteiger partial charge in [0.2, 0.25) is 5.91 Å². The molecule has 1 aromatic heterocycles. The predicted molar refractivity (Wildman–Crippen MR) is 131 cm³/mol. The second-order valence-corrected chi connectivity index (χ2v) is 10.3. The van der Waals surface area contributed by atoms with Crippen LogP contribution in [0.25, 0.3) is 0 Å². The van der Waals surface area contributed by atoms with E-state index in [0.29, 0.717) is 18.8 Å². The molecule has 0 spiro atoms. The average Bonchev–Trinajstić information content (AvgIpc) is 3.63. The Morgan fingerprint density at radius 2 is 1.78 bits per heavy atom. The van der Waals surface area contributed by atoms with Gasteiger partial charge in [0.15, 0.2) is 5.82 Å². The summed E-state index contributed by atoms with van der Waals surface area (Å²) in [5.74, 6) is -0.414. The third-order valence-electron chi connectivity index (χ3n) is 6.22. The molecule has 2 N–H and O–H groups in total. The first-order chi connectivity index (χ1) is 17.2. The van der Waals surface area contributed by atoms with Crippen molar-refractivity contribution >= 4 is 18.1 Å². The highest BCUT2D eigenvalue weighted by Gasteiger charge is 2.50. The molecule has 0 radical (unpaired) electrons. The molecule has 1 saturated carbocycles. The Balaban J connectivity index is 1.45. The third kappa shape index (κ3) is 6.50. The summed E-state index contributed by atoms with van der Waals surface area (Å²) in [4.78, 5) is 49.0. The number of carbonyl (C=O) groups excluding carboxylic acids is 3. The standard InChI is InChI=1S/C26H33N5O5/c1-25(2,3)36-24(34)31-15-10-20(29-23(33)35-17-18-8-5-4-6-9-18)19(16-31)21(32)30-26(11-12-26)22-27-13-7-14-28-22/h4-9,13-14,19-20H,10-12,15-17H2,1-3H3,(H,29,33)(H,30,32)/t19-,20-/m0/s1. The minimum Gasteiger partial charge on any atom is -0.445 e. The Morgan fingerprint density at radius 3 is 2.42 bits per heavy atom. The number of nitrogens with one attached hydrogen (secondary N) is 2. The molecule has 2 heterocycles. The van der Waals surface area contributed by atoms with Crippen molar-refractivity contribution in [3.05, 3.63) is 60.2 Å². The van der Waals surface area contributed by atoms with Crippen LogP contribution in [-0.2, 0) is 26.4 Å². The van der Waals surface area contributed by atoms with Crippen molar-refractivity contribution in [2.75, 3.05) is 13.1 Å². The highest BCUT2D eigenvalue weighted by molar-refractivity contribution is 5.83. The number of likely N-dealkylation sites (tertiary alicyclic amines) is 1. The van der Waals surface area contributed by atoms with Crippen molar-refractivity contribution in [2.24, 2.45) is 5.92 Å². The number of hydrogen-bond donors (Lipinski definition) is 2. The summed E-state index contributed by atoms with van der Waals surface area (Å²) in [7, 11) is 0. The number of aromatic nitrogens is 2. The highest BCUT2D eigenvalue weighted by Crippen LogP contribution is 2.44. The number of rotatable bonds is 6. The second-order valence-electron chi connectivity index (χ2n) is 10.3. The maximum absolute atomic E-state index is 13.5. The number of amides is 3. The summed E-state index contributed by atoms with van der Waals surface area (Å²) in [5.41, 5.74) is -0.418. The number of ether oxygens (including phenoxy) is 2. The van der Waals surface area contributed by atoms with Gasteiger partial charge in [0.25, 0.3) is 0 Å². The topological polar surface area (TPSA) is 123 Å². The van der Waals surface area contributed by atoms with Crippen molar-refractivity contribution in [2.45, 2.75) is 63.8 Å². The predicted octanol–water partition coefficient (Wildman–Crippen LogP) is 3.13. The van der Waals surface area contributed by atoms with Crippen LogP contribution in [0.5, 0.6) is 0 Å². The van der Waals surface area contributed by atoms with Gasteiger partial charge >= 0.3 is 12.2 Å². The molecule has 4 rings (SSSR count). The summed E-state index contributed by atoms with van der Waals surface area (Å²) in [5, 5.41) is 5.93. The molecular formula is C26H33N5O5. The lowest BCUT2D eigenvalue weighted by atomic mass is 9.91. The fraction of sp³-hybridized carbons (Fsp3) is 0.500. The summed E-state index contributed by atoms with van der Waals surface area (Å²) >= 11 is 0. The van der Waals surface area contributed by atoms with Gasteiger partial charge in [-0.15, -0.1) is 0 Å². The van der Waals surface area contributed by atoms with Gasteiger partial charge in [-0.1, -0.05) is 30.3 Å². The van der Waals surface area contributed by atoms with E-state index < -0.39 is 35.3 Å². The van der Waals surface area contributed by atoms with E-state index in [9.17, 15) is 14.4 Å². The smallest absolute Gasteiger partial charge is 0.410 e. The minimum atomic E-state index is -0.697. The zero-order valence-electron chi connectivity index (χ0n) is 20.9. The van der Waals surface area contributed by atoms with E-state index in [2.05, 4.69) is 20.6 Å². The van der Waals surface area contributed by atoms with E-state index in [1.54, 1.807) is 39.2 Å². The molecule has 1 saturated heterocycles. The maximum Gasteiger partial charge on any atom is 0.410 e. The van der Waals surface area contributed by atoms with Crippen LogP contribution >= 0.6 is 0 Å². The lowest BCUT2D eigenvalue weighted by Crippen LogP contribution is -2.58. The highest BCUT2D eigenvalue weighted by atomic mass is 16.6. The first-order valence-corrected chi connectivity index (χ1v) is 12.2. The van der Waals surface area contributed by atoms with E-state index >= 15 is 0 Å². The molecule has 10 nitrogen and oxygen atoms in total. The molecule has 1 aliphatic carbocycles. The normalized spacial score (nSPS) is 20.7. The molecule has 2 aromatic rings. The van der Waals surface area contributed by atoms with Gasteiger partial charge in [0.1, 0.15) is 12.2 Å². The summed E-state index contributed by atoms with van der Waals surface area (Å²) in [6.07, 6.45) is 4.02. The monoisotopic (exact) mass is 495 g/mol. The fourth-order valence-corrected chi connectivity index (χ4v) is 4.20. The summed E-state index contributed by atoms with van der Waals surface area (Å²) in [6.45, 7) is 5.95. The van der Waals surface area contributed by atoms with Crippen molar-refractivity contribution in [1.29, 1.82) is 0 Å². The van der Waals surface area contributed by atoms with Crippen LogP contribution in [0.15, 0.2) is 48.8 Å². The zero-order valence-corrected chi connectivity index (χ0v) is 20.9. The number of nitrogens with zero attached hydrogens (tertiary/aromatic N) is 3. The van der Waals surface area contributed by atoms with Crippen LogP contribution in [-0.4, -0.2) is 57.7 Å². The quantitative estimate of drug-likeness (QED) is 0.631. The number of hydrogen-bond acceptors (Lipinski definition) is 7. The van der Waals surface area contributed by atoms with Gasteiger partial charge in [-0.2, -0.15) is 0 Å². The lowest BCUT2D eigenvalue weighted by Gasteiger charge is -2.38. The van der Waals surface area contributed by atoms with Crippen LogP contribution in [0.3, 0.4) is 0 Å². The van der Waals surface area contributed by atoms with Gasteiger partial charge in [-0.25, -0.2) is 19.6 Å². The van der Waals surface area contributed by atoms with Crippen LogP contribution in [0.2, 0.25) is 0 Å². The summed E-state index contributed by atoms with van der Waals surface area (Å²) < 4.78 is 10.9. The zero-order chi connectivity index (χ0) is 25.8. The van der Waals surface area contributed by atoms with Crippen molar-refractivity contribution in [1.82, 2.24) is 25.5 Å². The Bertz CT molecular complexity index is 1070. The van der Waals surface area contributed by atoms with E-state index in [0.717, 1.165) is 18.4 Å². The number of carbonyl (C=O) groups is 3. The maximum atomic E-state index is 13.5. The average molecular weight is 496 g/mol. The molecule has 36 heavy (non-hydrogen) atoms. The molecule has 1 aliphatic heterocycles. The molecule has 0 bridgehead atoms. The molecular weight excluding hydrogens is 462 g/mol. The second kappa shape index (κ2) is 10.5. The molecule has 2 aliphatic rings. The Morgan fingerprint density at radius 1 is 1.08 bits per heavy atom. The Kier molecular flexibility index (Phi) is 7.42. The van der Waals surface area contributed by atoms with Crippen LogP contribution in [0, 0.1) is 5.92 Å². The minimum absolute atomic E-state index is 0.107. The first-order valence-electron chi connectivity index (χ1n) is 12.2.